The van der Waals surface area contributed by atoms with Crippen LogP contribution >= 0.6 is 0 Å². The van der Waals surface area contributed by atoms with Gasteiger partial charge in [0.15, 0.2) is 5.82 Å². The number of anilines is 1. The highest BCUT2D eigenvalue weighted by Crippen LogP contribution is 2.34. The molecule has 3 aromatic rings. The zero-order chi connectivity index (χ0) is 15.6. The summed E-state index contributed by atoms with van der Waals surface area (Å²) in [6, 6.07) is 6.71. The smallest absolute Gasteiger partial charge is 0.175 e. The minimum Gasteiger partial charge on any atom is -0.362 e. The van der Waals surface area contributed by atoms with Gasteiger partial charge >= 0.3 is 0 Å². The Kier molecular flexibility index (Phi) is 3.47. The zero-order valence-corrected chi connectivity index (χ0v) is 12.6. The van der Waals surface area contributed by atoms with Crippen molar-refractivity contribution in [2.75, 3.05) is 5.32 Å². The van der Waals surface area contributed by atoms with Gasteiger partial charge in [-0.05, 0) is 29.5 Å². The first-order valence-electron chi connectivity index (χ1n) is 7.59. The third kappa shape index (κ3) is 2.66. The Balaban J connectivity index is 1.57. The Morgan fingerprint density at radius 3 is 3.04 bits per heavy atom. The van der Waals surface area contributed by atoms with Crippen LogP contribution in [0.4, 0.5) is 5.82 Å². The number of fused-ring (bicyclic) bond motifs is 1. The molecule has 1 aliphatic rings. The van der Waals surface area contributed by atoms with Crippen LogP contribution in [0.25, 0.3) is 5.82 Å². The molecule has 0 fully saturated rings. The molecular weight excluding hydrogens is 290 g/mol. The minimum absolute atomic E-state index is 0.247. The number of nitrogens with two attached hydrogens (primary N) is 1. The van der Waals surface area contributed by atoms with E-state index in [1.54, 1.807) is 23.4 Å². The summed E-state index contributed by atoms with van der Waals surface area (Å²) < 4.78 is 1.59. The molecule has 1 aliphatic carbocycles. The number of rotatable bonds is 4. The molecule has 0 aliphatic heterocycles. The van der Waals surface area contributed by atoms with E-state index < -0.39 is 0 Å². The van der Waals surface area contributed by atoms with Crippen molar-refractivity contribution in [1.29, 1.82) is 0 Å². The van der Waals surface area contributed by atoms with E-state index in [4.69, 9.17) is 5.73 Å². The van der Waals surface area contributed by atoms with E-state index in [0.29, 0.717) is 12.4 Å². The highest BCUT2D eigenvalue weighted by atomic mass is 15.3. The topological polar surface area (TPSA) is 94.5 Å². The number of aryl methyl sites for hydroxylation is 1. The molecule has 7 nitrogen and oxygen atoms in total. The van der Waals surface area contributed by atoms with Crippen molar-refractivity contribution in [2.24, 2.45) is 5.73 Å². The molecule has 0 saturated heterocycles. The Morgan fingerprint density at radius 1 is 1.26 bits per heavy atom. The van der Waals surface area contributed by atoms with Gasteiger partial charge in [0.25, 0.3) is 0 Å². The maximum atomic E-state index is 5.72. The van der Waals surface area contributed by atoms with E-state index >= 15 is 0 Å². The first kappa shape index (κ1) is 13.8. The second-order valence-electron chi connectivity index (χ2n) is 5.58. The van der Waals surface area contributed by atoms with Gasteiger partial charge in [-0.3, -0.25) is 4.98 Å². The van der Waals surface area contributed by atoms with Crippen LogP contribution in [-0.2, 0) is 13.0 Å². The molecule has 1 aromatic carbocycles. The first-order valence-corrected chi connectivity index (χ1v) is 7.59. The summed E-state index contributed by atoms with van der Waals surface area (Å²) in [7, 11) is 0. The Bertz CT molecular complexity index is 813. The van der Waals surface area contributed by atoms with Gasteiger partial charge in [0.05, 0.1) is 18.4 Å². The van der Waals surface area contributed by atoms with Crippen LogP contribution in [0.3, 0.4) is 0 Å². The quantitative estimate of drug-likeness (QED) is 0.760. The van der Waals surface area contributed by atoms with Crippen LogP contribution in [-0.4, -0.2) is 24.7 Å². The lowest BCUT2D eigenvalue weighted by Crippen LogP contribution is -2.10. The molecule has 7 heteroatoms. The predicted octanol–water partition coefficient (Wildman–Crippen LogP) is 1.62. The second kappa shape index (κ2) is 5.77. The van der Waals surface area contributed by atoms with E-state index in [1.807, 2.05) is 0 Å². The number of aromatic nitrogens is 5. The highest BCUT2D eigenvalue weighted by molar-refractivity contribution is 5.45. The Hall–Kier alpha value is -2.80. The second-order valence-corrected chi connectivity index (χ2v) is 5.58. The number of nitrogens with one attached hydrogen (secondary N) is 1. The SMILES string of the molecule is NCc1ccc2c(c1)CCC2Nc1cncc(-n2cncn2)n1. The summed E-state index contributed by atoms with van der Waals surface area (Å²) in [5.41, 5.74) is 9.58. The third-order valence-electron chi connectivity index (χ3n) is 4.12. The normalized spacial score (nSPS) is 16.3. The summed E-state index contributed by atoms with van der Waals surface area (Å²) in [6.45, 7) is 0.580. The van der Waals surface area contributed by atoms with Crippen LogP contribution in [0.15, 0.2) is 43.2 Å². The average molecular weight is 307 g/mol. The van der Waals surface area contributed by atoms with Crippen LogP contribution in [0, 0.1) is 0 Å². The zero-order valence-electron chi connectivity index (χ0n) is 12.6. The van der Waals surface area contributed by atoms with E-state index in [-0.39, 0.29) is 6.04 Å². The molecule has 0 saturated carbocycles. The molecule has 2 heterocycles. The Morgan fingerprint density at radius 2 is 2.22 bits per heavy atom. The average Bonchev–Trinajstić information content (AvgIpc) is 3.25. The van der Waals surface area contributed by atoms with Gasteiger partial charge in [-0.15, -0.1) is 0 Å². The minimum atomic E-state index is 0.247. The van der Waals surface area contributed by atoms with Gasteiger partial charge in [-0.1, -0.05) is 18.2 Å². The summed E-state index contributed by atoms with van der Waals surface area (Å²) in [6.07, 6.45) is 8.56. The molecule has 0 spiro atoms. The van der Waals surface area contributed by atoms with Crippen molar-refractivity contribution in [3.05, 3.63) is 59.9 Å². The van der Waals surface area contributed by atoms with Gasteiger partial charge in [-0.25, -0.2) is 14.6 Å². The molecule has 0 radical (unpaired) electrons. The molecule has 116 valence electrons. The lowest BCUT2D eigenvalue weighted by Gasteiger charge is -2.15. The molecule has 4 rings (SSSR count). The molecular formula is C16H17N7. The van der Waals surface area contributed by atoms with Crippen LogP contribution in [0.5, 0.6) is 0 Å². The molecule has 2 aromatic heterocycles. The van der Waals surface area contributed by atoms with Crippen molar-refractivity contribution in [1.82, 2.24) is 24.7 Å². The van der Waals surface area contributed by atoms with Crippen LogP contribution < -0.4 is 11.1 Å². The summed E-state index contributed by atoms with van der Waals surface area (Å²) in [5, 5.41) is 7.55. The lowest BCUT2D eigenvalue weighted by molar-refractivity contribution is 0.752. The molecule has 0 amide bonds. The highest BCUT2D eigenvalue weighted by Gasteiger charge is 2.22. The predicted molar refractivity (Wildman–Crippen MR) is 86.0 cm³/mol. The van der Waals surface area contributed by atoms with E-state index in [2.05, 4.69) is 43.6 Å². The van der Waals surface area contributed by atoms with Crippen LogP contribution in [0.2, 0.25) is 0 Å². The molecule has 3 N–H and O–H groups in total. The van der Waals surface area contributed by atoms with Crippen molar-refractivity contribution in [2.45, 2.75) is 25.4 Å². The van der Waals surface area contributed by atoms with Crippen molar-refractivity contribution >= 4 is 5.82 Å². The monoisotopic (exact) mass is 307 g/mol. The first-order chi connectivity index (χ1) is 11.3. The fourth-order valence-corrected chi connectivity index (χ4v) is 2.99. The van der Waals surface area contributed by atoms with Gasteiger partial charge in [0.2, 0.25) is 0 Å². The maximum Gasteiger partial charge on any atom is 0.175 e. The molecule has 0 bridgehead atoms. The summed E-state index contributed by atoms with van der Waals surface area (Å²) in [4.78, 5) is 12.7. The largest absolute Gasteiger partial charge is 0.362 e. The number of hydrogen-bond donors (Lipinski definition) is 2. The lowest BCUT2D eigenvalue weighted by atomic mass is 10.0. The third-order valence-corrected chi connectivity index (χ3v) is 4.12. The molecule has 1 unspecified atom stereocenters. The van der Waals surface area contributed by atoms with E-state index in [9.17, 15) is 0 Å². The molecule has 23 heavy (non-hydrogen) atoms. The van der Waals surface area contributed by atoms with Crippen molar-refractivity contribution in [3.63, 3.8) is 0 Å². The number of hydrogen-bond acceptors (Lipinski definition) is 6. The van der Waals surface area contributed by atoms with E-state index in [0.717, 1.165) is 18.7 Å². The van der Waals surface area contributed by atoms with E-state index in [1.165, 1.54) is 23.0 Å². The van der Waals surface area contributed by atoms with Gasteiger partial charge in [0.1, 0.15) is 18.5 Å². The van der Waals surface area contributed by atoms with Crippen LogP contribution in [0.1, 0.15) is 29.2 Å². The number of nitrogens with zero attached hydrogens (tertiary/aromatic N) is 5. The standard InChI is InChI=1S/C16H17N7/c17-6-11-1-3-13-12(5-11)2-4-14(13)21-15-7-18-8-16(22-15)23-10-19-9-20-23/h1,3,5,7-10,14H,2,4,6,17H2,(H,21,22). The van der Waals surface area contributed by atoms with Gasteiger partial charge in [0, 0.05) is 6.54 Å². The summed E-state index contributed by atoms with van der Waals surface area (Å²) >= 11 is 0. The van der Waals surface area contributed by atoms with Gasteiger partial charge < -0.3 is 11.1 Å². The van der Waals surface area contributed by atoms with Crippen molar-refractivity contribution in [3.8, 4) is 5.82 Å². The Labute approximate surface area is 133 Å². The van der Waals surface area contributed by atoms with Crippen molar-refractivity contribution < 1.29 is 0 Å². The maximum absolute atomic E-state index is 5.72. The fourth-order valence-electron chi connectivity index (χ4n) is 2.99. The fraction of sp³-hybridized carbons (Fsp3) is 0.250. The molecule has 1 atom stereocenters. The number of benzene rings is 1. The summed E-state index contributed by atoms with van der Waals surface area (Å²) in [5.74, 6) is 1.38. The van der Waals surface area contributed by atoms with Gasteiger partial charge in [-0.2, -0.15) is 5.10 Å².